The summed E-state index contributed by atoms with van der Waals surface area (Å²) in [6.45, 7) is 1.63. The molecule has 0 fully saturated rings. The fraction of sp³-hybridized carbons (Fsp3) is 0.167. The minimum Gasteiger partial charge on any atom is -0.465 e. The number of hydrogen-bond donors (Lipinski definition) is 0. The van der Waals surface area contributed by atoms with Crippen LogP contribution < -0.4 is 0 Å². The number of esters is 1. The quantitative estimate of drug-likeness (QED) is 0.487. The molecule has 0 amide bonds. The highest BCUT2D eigenvalue weighted by Gasteiger charge is 2.24. The lowest BCUT2D eigenvalue weighted by Gasteiger charge is -2.09. The second kappa shape index (κ2) is 5.08. The number of aromatic nitrogens is 2. The second-order valence-corrected chi connectivity index (χ2v) is 3.91. The molecule has 1 heterocycles. The van der Waals surface area contributed by atoms with Crippen LogP contribution >= 0.6 is 0 Å². The summed E-state index contributed by atoms with van der Waals surface area (Å²) >= 11 is 0. The molecule has 0 saturated carbocycles. The summed E-state index contributed by atoms with van der Waals surface area (Å²) in [4.78, 5) is 25.7. The third-order valence-corrected chi connectivity index (χ3v) is 2.75. The Morgan fingerprint density at radius 1 is 1.50 bits per heavy atom. The van der Waals surface area contributed by atoms with Crippen LogP contribution in [0.2, 0.25) is 0 Å². The van der Waals surface area contributed by atoms with E-state index in [1.165, 1.54) is 17.0 Å². The summed E-state index contributed by atoms with van der Waals surface area (Å²) in [6.07, 6.45) is 2.93. The van der Waals surface area contributed by atoms with Gasteiger partial charge in [0.05, 0.1) is 23.7 Å². The SMILES string of the molecule is COC(=O)c1cc(-n2ccnc2C)c([N+](=O)[O-])cc1F. The minimum atomic E-state index is -1.01. The van der Waals surface area contributed by atoms with Gasteiger partial charge in [0.15, 0.2) is 0 Å². The van der Waals surface area contributed by atoms with E-state index < -0.39 is 22.4 Å². The van der Waals surface area contributed by atoms with Gasteiger partial charge in [-0.1, -0.05) is 0 Å². The number of benzene rings is 1. The predicted octanol–water partition coefficient (Wildman–Crippen LogP) is 2.01. The first-order chi connectivity index (χ1) is 9.45. The molecule has 104 valence electrons. The Morgan fingerprint density at radius 2 is 2.20 bits per heavy atom. The van der Waals surface area contributed by atoms with Crippen LogP contribution in [0.5, 0.6) is 0 Å². The molecule has 0 radical (unpaired) electrons. The van der Waals surface area contributed by atoms with Gasteiger partial charge in [-0.15, -0.1) is 0 Å². The number of rotatable bonds is 3. The summed E-state index contributed by atoms with van der Waals surface area (Å²) in [5, 5.41) is 11.0. The van der Waals surface area contributed by atoms with Crippen LogP contribution in [-0.4, -0.2) is 27.6 Å². The molecule has 20 heavy (non-hydrogen) atoms. The van der Waals surface area contributed by atoms with E-state index in [-0.39, 0.29) is 11.3 Å². The molecule has 8 heteroatoms. The fourth-order valence-corrected chi connectivity index (χ4v) is 1.79. The van der Waals surface area contributed by atoms with E-state index in [0.29, 0.717) is 11.9 Å². The van der Waals surface area contributed by atoms with Gasteiger partial charge in [-0.25, -0.2) is 14.2 Å². The lowest BCUT2D eigenvalue weighted by molar-refractivity contribution is -0.384. The molecule has 2 aromatic rings. The van der Waals surface area contributed by atoms with Crippen LogP contribution in [0.1, 0.15) is 16.2 Å². The first-order valence-electron chi connectivity index (χ1n) is 5.52. The molecule has 0 bridgehead atoms. The zero-order chi connectivity index (χ0) is 14.9. The van der Waals surface area contributed by atoms with Gasteiger partial charge in [-0.05, 0) is 13.0 Å². The highest BCUT2D eigenvalue weighted by Crippen LogP contribution is 2.27. The summed E-state index contributed by atoms with van der Waals surface area (Å²) in [7, 11) is 1.10. The van der Waals surface area contributed by atoms with Crippen molar-refractivity contribution in [3.8, 4) is 5.69 Å². The first kappa shape index (κ1) is 13.7. The van der Waals surface area contributed by atoms with E-state index in [1.807, 2.05) is 0 Å². The zero-order valence-corrected chi connectivity index (χ0v) is 10.7. The number of hydrogen-bond acceptors (Lipinski definition) is 5. The maximum absolute atomic E-state index is 13.7. The number of ether oxygens (including phenoxy) is 1. The first-order valence-corrected chi connectivity index (χ1v) is 5.52. The Kier molecular flexibility index (Phi) is 3.47. The van der Waals surface area contributed by atoms with E-state index in [9.17, 15) is 19.3 Å². The van der Waals surface area contributed by atoms with Crippen molar-refractivity contribution >= 4 is 11.7 Å². The third kappa shape index (κ3) is 2.22. The lowest BCUT2D eigenvalue weighted by atomic mass is 10.1. The molecule has 1 aromatic heterocycles. The maximum Gasteiger partial charge on any atom is 0.340 e. The minimum absolute atomic E-state index is 0.0480. The molecule has 0 unspecified atom stereocenters. The van der Waals surface area contributed by atoms with Crippen molar-refractivity contribution in [3.05, 3.63) is 51.8 Å². The van der Waals surface area contributed by atoms with E-state index in [1.54, 1.807) is 6.92 Å². The van der Waals surface area contributed by atoms with Gasteiger partial charge in [0.2, 0.25) is 0 Å². The number of nitro benzene ring substituents is 1. The Morgan fingerprint density at radius 3 is 2.70 bits per heavy atom. The number of imidazole rings is 1. The predicted molar refractivity (Wildman–Crippen MR) is 66.3 cm³/mol. The normalized spacial score (nSPS) is 10.3. The molecule has 7 nitrogen and oxygen atoms in total. The van der Waals surface area contributed by atoms with E-state index in [2.05, 4.69) is 9.72 Å². The molecule has 0 spiro atoms. The molecule has 0 N–H and O–H groups in total. The summed E-state index contributed by atoms with van der Waals surface area (Å²) in [5.74, 6) is -1.45. The molecule has 0 atom stereocenters. The van der Waals surface area contributed by atoms with Crippen LogP contribution in [-0.2, 0) is 4.74 Å². The number of nitrogens with zero attached hydrogens (tertiary/aromatic N) is 3. The highest BCUT2D eigenvalue weighted by molar-refractivity contribution is 5.91. The van der Waals surface area contributed by atoms with Gasteiger partial charge in [0, 0.05) is 12.4 Å². The Hall–Kier alpha value is -2.77. The summed E-state index contributed by atoms with van der Waals surface area (Å²) in [5.41, 5.74) is -0.788. The van der Waals surface area contributed by atoms with Gasteiger partial charge in [-0.3, -0.25) is 14.7 Å². The molecule has 0 aliphatic heterocycles. The smallest absolute Gasteiger partial charge is 0.340 e. The van der Waals surface area contributed by atoms with E-state index >= 15 is 0 Å². The Balaban J connectivity index is 2.73. The number of halogens is 1. The standard InChI is InChI=1S/C12H10FN3O4/c1-7-14-3-4-15(7)10-5-8(12(17)20-2)9(13)6-11(10)16(18)19/h3-6H,1-2H3. The molecule has 0 saturated heterocycles. The number of methoxy groups -OCH3 is 1. The zero-order valence-electron chi connectivity index (χ0n) is 10.7. The summed E-state index contributed by atoms with van der Waals surface area (Å²) in [6, 6.07) is 1.77. The Labute approximate surface area is 112 Å². The van der Waals surface area contributed by atoms with E-state index in [0.717, 1.165) is 13.2 Å². The highest BCUT2D eigenvalue weighted by atomic mass is 19.1. The van der Waals surface area contributed by atoms with Gasteiger partial charge < -0.3 is 4.74 Å². The number of carbonyl (C=O) groups is 1. The van der Waals surface area contributed by atoms with Crippen LogP contribution in [0.25, 0.3) is 5.69 Å². The Bertz CT molecular complexity index is 696. The van der Waals surface area contributed by atoms with Gasteiger partial charge in [-0.2, -0.15) is 0 Å². The summed E-state index contributed by atoms with van der Waals surface area (Å²) < 4.78 is 19.6. The van der Waals surface area contributed by atoms with Gasteiger partial charge >= 0.3 is 5.97 Å². The largest absolute Gasteiger partial charge is 0.465 e. The molecular formula is C12H10FN3O4. The van der Waals surface area contributed by atoms with Gasteiger partial charge in [0.25, 0.3) is 5.69 Å². The van der Waals surface area contributed by atoms with Crippen molar-refractivity contribution in [2.75, 3.05) is 7.11 Å². The molecular weight excluding hydrogens is 269 g/mol. The van der Waals surface area contributed by atoms with Crippen LogP contribution in [0.4, 0.5) is 10.1 Å². The molecule has 0 aliphatic rings. The molecule has 1 aromatic carbocycles. The average molecular weight is 279 g/mol. The van der Waals surface area contributed by atoms with Gasteiger partial charge in [0.1, 0.15) is 17.3 Å². The van der Waals surface area contributed by atoms with Crippen molar-refractivity contribution in [2.45, 2.75) is 6.92 Å². The average Bonchev–Trinajstić information content (AvgIpc) is 2.83. The van der Waals surface area contributed by atoms with Crippen molar-refractivity contribution in [1.82, 2.24) is 9.55 Å². The van der Waals surface area contributed by atoms with Crippen molar-refractivity contribution in [1.29, 1.82) is 0 Å². The molecule has 0 aliphatic carbocycles. The van der Waals surface area contributed by atoms with Crippen molar-refractivity contribution in [3.63, 3.8) is 0 Å². The maximum atomic E-state index is 13.7. The number of aryl methyl sites for hydroxylation is 1. The van der Waals surface area contributed by atoms with Crippen LogP contribution in [0.3, 0.4) is 0 Å². The second-order valence-electron chi connectivity index (χ2n) is 3.91. The van der Waals surface area contributed by atoms with E-state index in [4.69, 9.17) is 0 Å². The van der Waals surface area contributed by atoms with Crippen LogP contribution in [0, 0.1) is 22.9 Å². The lowest BCUT2D eigenvalue weighted by Crippen LogP contribution is -2.09. The van der Waals surface area contributed by atoms with Crippen molar-refractivity contribution in [2.24, 2.45) is 0 Å². The number of carbonyl (C=O) groups excluding carboxylic acids is 1. The molecule has 2 rings (SSSR count). The fourth-order valence-electron chi connectivity index (χ4n) is 1.79. The topological polar surface area (TPSA) is 87.3 Å². The van der Waals surface area contributed by atoms with Crippen LogP contribution in [0.15, 0.2) is 24.5 Å². The van der Waals surface area contributed by atoms with Crippen molar-refractivity contribution < 1.29 is 18.8 Å². The third-order valence-electron chi connectivity index (χ3n) is 2.75. The monoisotopic (exact) mass is 279 g/mol. The number of nitro groups is 1.